The summed E-state index contributed by atoms with van der Waals surface area (Å²) in [6, 6.07) is 1.01. The largest absolute Gasteiger partial charge is 1.00 e. The van der Waals surface area contributed by atoms with Crippen LogP contribution in [0.15, 0.2) is 11.0 Å². The maximum absolute atomic E-state index is 11.2. The number of hydrogen-bond acceptors (Lipinski definition) is 4. The van der Waals surface area contributed by atoms with Crippen LogP contribution in [-0.2, 0) is 10.1 Å². The number of carboxylic acids is 2. The van der Waals surface area contributed by atoms with Crippen LogP contribution in [0.25, 0.3) is 0 Å². The van der Waals surface area contributed by atoms with E-state index in [0.29, 0.717) is 5.56 Å². The van der Waals surface area contributed by atoms with Crippen LogP contribution in [0.2, 0.25) is 0 Å². The first-order valence-corrected chi connectivity index (χ1v) is 6.09. The van der Waals surface area contributed by atoms with Gasteiger partial charge in [-0.2, -0.15) is 8.42 Å². The van der Waals surface area contributed by atoms with Crippen molar-refractivity contribution in [3.8, 4) is 0 Å². The number of aromatic carboxylic acids is 2. The zero-order chi connectivity index (χ0) is 14.2. The summed E-state index contributed by atoms with van der Waals surface area (Å²) >= 11 is 0. The van der Waals surface area contributed by atoms with Gasteiger partial charge < -0.3 is 11.6 Å². The molecule has 0 unspecified atom stereocenters. The quantitative estimate of drug-likeness (QED) is 0.437. The molecule has 0 heterocycles. The van der Waals surface area contributed by atoms with Gasteiger partial charge >= 0.3 is 41.5 Å². The first kappa shape index (κ1) is 18.1. The minimum absolute atomic E-state index is 0. The number of rotatable bonds is 3. The van der Waals surface area contributed by atoms with Gasteiger partial charge in [0.1, 0.15) is 4.90 Å². The molecule has 3 N–H and O–H groups in total. The van der Waals surface area contributed by atoms with Crippen molar-refractivity contribution in [2.45, 2.75) is 18.7 Å². The molecule has 19 heavy (non-hydrogen) atoms. The molecule has 1 aromatic carbocycles. The molecule has 0 amide bonds. The van der Waals surface area contributed by atoms with E-state index in [4.69, 9.17) is 14.8 Å². The van der Waals surface area contributed by atoms with E-state index < -0.39 is 38.1 Å². The minimum Gasteiger partial charge on any atom is -1.00 e. The summed E-state index contributed by atoms with van der Waals surface area (Å²) in [4.78, 5) is 20.9. The van der Waals surface area contributed by atoms with Gasteiger partial charge in [0.15, 0.2) is 0 Å². The predicted molar refractivity (Wildman–Crippen MR) is 60.8 cm³/mol. The van der Waals surface area contributed by atoms with E-state index in [2.05, 4.69) is 0 Å². The van der Waals surface area contributed by atoms with Crippen molar-refractivity contribution in [1.29, 1.82) is 0 Å². The Morgan fingerprint density at radius 2 is 1.63 bits per heavy atom. The SMILES string of the molecule is Cc1cc(C(=O)O)c(S(=O)(=O)O)c(C(=O)O)c1C.[H-].[Na+]. The third kappa shape index (κ3) is 3.54. The van der Waals surface area contributed by atoms with Crippen molar-refractivity contribution in [3.05, 3.63) is 28.3 Å². The second kappa shape index (κ2) is 6.02. The van der Waals surface area contributed by atoms with Crippen LogP contribution in [-0.4, -0.2) is 35.1 Å². The van der Waals surface area contributed by atoms with Crippen molar-refractivity contribution >= 4 is 22.1 Å². The van der Waals surface area contributed by atoms with Gasteiger partial charge in [0.2, 0.25) is 0 Å². The van der Waals surface area contributed by atoms with Crippen LogP contribution in [0.4, 0.5) is 0 Å². The second-order valence-corrected chi connectivity index (χ2v) is 5.01. The van der Waals surface area contributed by atoms with Gasteiger partial charge in [0.25, 0.3) is 10.1 Å². The van der Waals surface area contributed by atoms with Gasteiger partial charge in [-0.05, 0) is 31.0 Å². The van der Waals surface area contributed by atoms with Gasteiger partial charge in [0, 0.05) is 0 Å². The molecule has 9 heteroatoms. The molecule has 0 aromatic heterocycles. The Balaban J connectivity index is 0. The monoisotopic (exact) mass is 298 g/mol. The minimum atomic E-state index is -4.96. The van der Waals surface area contributed by atoms with E-state index in [1.165, 1.54) is 13.8 Å². The van der Waals surface area contributed by atoms with E-state index in [0.717, 1.165) is 6.07 Å². The van der Waals surface area contributed by atoms with E-state index in [1.54, 1.807) is 0 Å². The second-order valence-electron chi connectivity index (χ2n) is 3.66. The fourth-order valence-corrected chi connectivity index (χ4v) is 2.50. The van der Waals surface area contributed by atoms with Gasteiger partial charge in [-0.25, -0.2) is 9.59 Å². The van der Waals surface area contributed by atoms with E-state index in [-0.39, 0.29) is 36.5 Å². The molecule has 1 rings (SSSR count). The van der Waals surface area contributed by atoms with Crippen LogP contribution in [0.3, 0.4) is 0 Å². The first-order chi connectivity index (χ1) is 8.07. The topological polar surface area (TPSA) is 129 Å². The van der Waals surface area contributed by atoms with E-state index in [1.807, 2.05) is 0 Å². The smallest absolute Gasteiger partial charge is 1.00 e. The molecule has 0 spiro atoms. The van der Waals surface area contributed by atoms with E-state index >= 15 is 0 Å². The summed E-state index contributed by atoms with van der Waals surface area (Å²) < 4.78 is 31.4. The molecule has 0 aliphatic carbocycles. The van der Waals surface area contributed by atoms with Crippen molar-refractivity contribution in [1.82, 2.24) is 0 Å². The van der Waals surface area contributed by atoms with Gasteiger partial charge in [0.05, 0.1) is 11.1 Å². The Kier molecular flexibility index (Phi) is 5.72. The summed E-state index contributed by atoms with van der Waals surface area (Å²) in [6.07, 6.45) is 0. The summed E-state index contributed by atoms with van der Waals surface area (Å²) in [5, 5.41) is 17.9. The van der Waals surface area contributed by atoms with Crippen LogP contribution in [0.5, 0.6) is 0 Å². The number of carboxylic acid groups (broad SMARTS) is 2. The Morgan fingerprint density at radius 1 is 1.16 bits per heavy atom. The van der Waals surface area contributed by atoms with Crippen molar-refractivity contribution in [2.75, 3.05) is 0 Å². The Morgan fingerprint density at radius 3 is 1.95 bits per heavy atom. The third-order valence-electron chi connectivity index (χ3n) is 2.50. The molecular weight excluding hydrogens is 287 g/mol. The van der Waals surface area contributed by atoms with E-state index in [9.17, 15) is 18.0 Å². The molecular formula is C10H11NaO7S. The Hall–Kier alpha value is -0.930. The molecule has 7 nitrogen and oxygen atoms in total. The number of benzene rings is 1. The molecule has 100 valence electrons. The normalized spacial score (nSPS) is 10.7. The fraction of sp³-hybridized carbons (Fsp3) is 0.200. The van der Waals surface area contributed by atoms with Crippen molar-refractivity contribution in [3.63, 3.8) is 0 Å². The zero-order valence-corrected chi connectivity index (χ0v) is 13.3. The summed E-state index contributed by atoms with van der Waals surface area (Å²) in [5.41, 5.74) is -1.11. The van der Waals surface area contributed by atoms with Crippen molar-refractivity contribution < 1.29 is 63.8 Å². The maximum Gasteiger partial charge on any atom is 1.00 e. The molecule has 0 radical (unpaired) electrons. The van der Waals surface area contributed by atoms with Gasteiger partial charge in [-0.1, -0.05) is 0 Å². The van der Waals surface area contributed by atoms with Gasteiger partial charge in [-0.3, -0.25) is 4.55 Å². The molecule has 0 aliphatic heterocycles. The fourth-order valence-electron chi connectivity index (χ4n) is 1.58. The molecule has 0 bridgehead atoms. The molecule has 0 aliphatic rings. The molecule has 0 saturated carbocycles. The molecule has 0 saturated heterocycles. The number of aryl methyl sites for hydroxylation is 1. The summed E-state index contributed by atoms with van der Waals surface area (Å²) in [6.45, 7) is 2.78. The molecule has 0 fully saturated rings. The van der Waals surface area contributed by atoms with Crippen LogP contribution >= 0.6 is 0 Å². The third-order valence-corrected chi connectivity index (χ3v) is 3.44. The van der Waals surface area contributed by atoms with Crippen molar-refractivity contribution in [2.24, 2.45) is 0 Å². The zero-order valence-electron chi connectivity index (χ0n) is 11.5. The Labute approximate surface area is 132 Å². The van der Waals surface area contributed by atoms with Crippen LogP contribution in [0, 0.1) is 13.8 Å². The standard InChI is InChI=1S/C10H10O7S.Na.H/c1-4-3-6(9(11)12)8(18(15,16)17)7(5(4)2)10(13)14;;/h3H,1-2H3,(H,11,12)(H,13,14)(H,15,16,17);;/q;+1;-1. The van der Waals surface area contributed by atoms with Crippen LogP contribution in [0.1, 0.15) is 33.3 Å². The molecule has 0 atom stereocenters. The van der Waals surface area contributed by atoms with Crippen LogP contribution < -0.4 is 29.6 Å². The average molecular weight is 298 g/mol. The number of carbonyl (C=O) groups is 2. The summed E-state index contributed by atoms with van der Waals surface area (Å²) in [7, 11) is -4.96. The predicted octanol–water partition coefficient (Wildman–Crippen LogP) is -1.94. The van der Waals surface area contributed by atoms with Gasteiger partial charge in [-0.15, -0.1) is 0 Å². The Bertz CT molecular complexity index is 654. The summed E-state index contributed by atoms with van der Waals surface area (Å²) in [5.74, 6) is -3.25. The molecule has 1 aromatic rings. The average Bonchev–Trinajstić information content (AvgIpc) is 2.18. The first-order valence-electron chi connectivity index (χ1n) is 4.65. The number of hydrogen-bond donors (Lipinski definition) is 3. The maximum atomic E-state index is 11.2.